The molecular formula is C12H20N4. The van der Waals surface area contributed by atoms with Crippen LogP contribution in [0.4, 0.5) is 11.5 Å². The quantitative estimate of drug-likeness (QED) is 0.788. The number of hydrogen-bond donors (Lipinski definition) is 2. The summed E-state index contributed by atoms with van der Waals surface area (Å²) in [6.07, 6.45) is 1.94. The highest BCUT2D eigenvalue weighted by atomic mass is 15.2. The smallest absolute Gasteiger partial charge is 0.125 e. The van der Waals surface area contributed by atoms with Crippen molar-refractivity contribution in [3.63, 3.8) is 0 Å². The number of pyridine rings is 1. The zero-order valence-corrected chi connectivity index (χ0v) is 10.2. The summed E-state index contributed by atoms with van der Waals surface area (Å²) < 4.78 is 0. The number of nitrogens with one attached hydrogen (secondary N) is 2. The fourth-order valence-corrected chi connectivity index (χ4v) is 2.08. The van der Waals surface area contributed by atoms with Crippen molar-refractivity contribution in [2.24, 2.45) is 0 Å². The van der Waals surface area contributed by atoms with E-state index in [1.165, 1.54) is 5.69 Å². The number of anilines is 2. The molecule has 0 aliphatic carbocycles. The lowest BCUT2D eigenvalue weighted by Crippen LogP contribution is -2.57. The first-order valence-corrected chi connectivity index (χ1v) is 5.74. The molecule has 0 atom stereocenters. The molecule has 1 aromatic rings. The van der Waals surface area contributed by atoms with Crippen molar-refractivity contribution in [3.05, 3.63) is 18.3 Å². The second kappa shape index (κ2) is 4.29. The van der Waals surface area contributed by atoms with Gasteiger partial charge in [0.25, 0.3) is 0 Å². The monoisotopic (exact) mass is 220 g/mol. The third-order valence-corrected chi connectivity index (χ3v) is 2.94. The van der Waals surface area contributed by atoms with Gasteiger partial charge in [-0.1, -0.05) is 0 Å². The Morgan fingerprint density at radius 1 is 1.44 bits per heavy atom. The molecule has 0 unspecified atom stereocenters. The Labute approximate surface area is 97.1 Å². The summed E-state index contributed by atoms with van der Waals surface area (Å²) in [6, 6.07) is 4.14. The molecular weight excluding hydrogens is 200 g/mol. The molecule has 1 aliphatic heterocycles. The van der Waals surface area contributed by atoms with Crippen molar-refractivity contribution in [2.45, 2.75) is 19.4 Å². The van der Waals surface area contributed by atoms with E-state index >= 15 is 0 Å². The minimum absolute atomic E-state index is 0.180. The number of hydrogen-bond acceptors (Lipinski definition) is 4. The second-order valence-electron chi connectivity index (χ2n) is 4.88. The molecule has 1 saturated heterocycles. The Morgan fingerprint density at radius 2 is 2.25 bits per heavy atom. The second-order valence-corrected chi connectivity index (χ2v) is 4.88. The highest BCUT2D eigenvalue weighted by Crippen LogP contribution is 2.19. The van der Waals surface area contributed by atoms with E-state index in [0.29, 0.717) is 0 Å². The van der Waals surface area contributed by atoms with Gasteiger partial charge in [-0.25, -0.2) is 4.98 Å². The highest BCUT2D eigenvalue weighted by molar-refractivity contribution is 5.50. The molecule has 2 N–H and O–H groups in total. The van der Waals surface area contributed by atoms with Crippen LogP contribution in [0.25, 0.3) is 0 Å². The van der Waals surface area contributed by atoms with Crippen LogP contribution in [0.2, 0.25) is 0 Å². The first-order chi connectivity index (χ1) is 7.61. The fraction of sp³-hybridized carbons (Fsp3) is 0.583. The van der Waals surface area contributed by atoms with E-state index in [2.05, 4.69) is 40.4 Å². The van der Waals surface area contributed by atoms with E-state index in [1.807, 2.05) is 19.3 Å². The van der Waals surface area contributed by atoms with Crippen LogP contribution in [-0.2, 0) is 0 Å². The van der Waals surface area contributed by atoms with E-state index in [1.54, 1.807) is 0 Å². The molecule has 0 spiro atoms. The Balaban J connectivity index is 2.11. The third-order valence-electron chi connectivity index (χ3n) is 2.94. The molecule has 16 heavy (non-hydrogen) atoms. The summed E-state index contributed by atoms with van der Waals surface area (Å²) in [5, 5.41) is 6.54. The minimum atomic E-state index is 0.180. The van der Waals surface area contributed by atoms with E-state index in [0.717, 1.165) is 25.5 Å². The molecule has 0 radical (unpaired) electrons. The van der Waals surface area contributed by atoms with Crippen molar-refractivity contribution >= 4 is 11.5 Å². The maximum atomic E-state index is 4.35. The highest BCUT2D eigenvalue weighted by Gasteiger charge is 2.25. The Hall–Kier alpha value is -1.29. The summed E-state index contributed by atoms with van der Waals surface area (Å²) in [5.74, 6) is 0.915. The van der Waals surface area contributed by atoms with Crippen molar-refractivity contribution in [1.82, 2.24) is 10.3 Å². The van der Waals surface area contributed by atoms with Crippen LogP contribution in [0.1, 0.15) is 13.8 Å². The van der Waals surface area contributed by atoms with Crippen LogP contribution in [0.3, 0.4) is 0 Å². The Bertz CT molecular complexity index is 345. The predicted molar refractivity (Wildman–Crippen MR) is 68.1 cm³/mol. The van der Waals surface area contributed by atoms with E-state index < -0.39 is 0 Å². The average molecular weight is 220 g/mol. The normalized spacial score (nSPS) is 19.6. The molecule has 1 fully saturated rings. The van der Waals surface area contributed by atoms with Gasteiger partial charge in [-0.3, -0.25) is 0 Å². The Morgan fingerprint density at radius 3 is 2.81 bits per heavy atom. The van der Waals surface area contributed by atoms with Crippen molar-refractivity contribution in [3.8, 4) is 0 Å². The first kappa shape index (κ1) is 11.2. The minimum Gasteiger partial charge on any atom is -0.373 e. The van der Waals surface area contributed by atoms with E-state index in [4.69, 9.17) is 0 Å². The summed E-state index contributed by atoms with van der Waals surface area (Å²) in [5.41, 5.74) is 1.38. The van der Waals surface area contributed by atoms with Crippen LogP contribution in [-0.4, -0.2) is 37.2 Å². The van der Waals surface area contributed by atoms with Gasteiger partial charge in [-0.05, 0) is 26.0 Å². The SMILES string of the molecule is CNc1ccc(N2CCNC(C)(C)C2)cn1. The summed E-state index contributed by atoms with van der Waals surface area (Å²) in [6.45, 7) is 7.56. The van der Waals surface area contributed by atoms with Crippen molar-refractivity contribution < 1.29 is 0 Å². The molecule has 2 heterocycles. The van der Waals surface area contributed by atoms with Crippen LogP contribution in [0, 0.1) is 0 Å². The lowest BCUT2D eigenvalue weighted by molar-refractivity contribution is 0.353. The molecule has 4 nitrogen and oxygen atoms in total. The van der Waals surface area contributed by atoms with Gasteiger partial charge in [-0.2, -0.15) is 0 Å². The zero-order valence-electron chi connectivity index (χ0n) is 10.2. The van der Waals surface area contributed by atoms with Crippen LogP contribution in [0.15, 0.2) is 18.3 Å². The van der Waals surface area contributed by atoms with Gasteiger partial charge < -0.3 is 15.5 Å². The lowest BCUT2D eigenvalue weighted by Gasteiger charge is -2.40. The first-order valence-electron chi connectivity index (χ1n) is 5.74. The van der Waals surface area contributed by atoms with E-state index in [-0.39, 0.29) is 5.54 Å². The average Bonchev–Trinajstić information content (AvgIpc) is 2.28. The molecule has 0 bridgehead atoms. The van der Waals surface area contributed by atoms with Gasteiger partial charge in [0.05, 0.1) is 11.9 Å². The standard InChI is InChI=1S/C12H20N4/c1-12(2)9-16(7-6-15-12)10-4-5-11(13-3)14-8-10/h4-5,8,15H,6-7,9H2,1-3H3,(H,13,14). The molecule has 0 saturated carbocycles. The molecule has 0 aromatic carbocycles. The molecule has 1 aromatic heterocycles. The number of rotatable bonds is 2. The fourth-order valence-electron chi connectivity index (χ4n) is 2.08. The largest absolute Gasteiger partial charge is 0.373 e. The van der Waals surface area contributed by atoms with Gasteiger partial charge in [0, 0.05) is 32.2 Å². The van der Waals surface area contributed by atoms with Crippen LogP contribution in [0.5, 0.6) is 0 Å². The maximum absolute atomic E-state index is 4.35. The molecule has 88 valence electrons. The molecule has 0 amide bonds. The number of aromatic nitrogens is 1. The van der Waals surface area contributed by atoms with Gasteiger partial charge in [0.1, 0.15) is 5.82 Å². The summed E-state index contributed by atoms with van der Waals surface area (Å²) in [4.78, 5) is 6.72. The van der Waals surface area contributed by atoms with Gasteiger partial charge >= 0.3 is 0 Å². The van der Waals surface area contributed by atoms with E-state index in [9.17, 15) is 0 Å². The third kappa shape index (κ3) is 2.44. The number of nitrogens with zero attached hydrogens (tertiary/aromatic N) is 2. The van der Waals surface area contributed by atoms with Crippen molar-refractivity contribution in [2.75, 3.05) is 36.9 Å². The molecule has 4 heteroatoms. The lowest BCUT2D eigenvalue weighted by atomic mass is 10.0. The van der Waals surface area contributed by atoms with Gasteiger partial charge in [-0.15, -0.1) is 0 Å². The van der Waals surface area contributed by atoms with Crippen LogP contribution < -0.4 is 15.5 Å². The van der Waals surface area contributed by atoms with Crippen LogP contribution >= 0.6 is 0 Å². The maximum Gasteiger partial charge on any atom is 0.125 e. The van der Waals surface area contributed by atoms with Crippen molar-refractivity contribution in [1.29, 1.82) is 0 Å². The molecule has 1 aliphatic rings. The predicted octanol–water partition coefficient (Wildman–Crippen LogP) is 1.31. The topological polar surface area (TPSA) is 40.2 Å². The van der Waals surface area contributed by atoms with Gasteiger partial charge in [0.2, 0.25) is 0 Å². The zero-order chi connectivity index (χ0) is 11.6. The number of piperazine rings is 1. The summed E-state index contributed by atoms with van der Waals surface area (Å²) >= 11 is 0. The van der Waals surface area contributed by atoms with Gasteiger partial charge in [0.15, 0.2) is 0 Å². The Kier molecular flexibility index (Phi) is 3.01. The molecule has 2 rings (SSSR count). The summed E-state index contributed by atoms with van der Waals surface area (Å²) in [7, 11) is 1.88.